The molecule has 13 heteroatoms. The summed E-state index contributed by atoms with van der Waals surface area (Å²) in [6.07, 6.45) is 1.07. The highest BCUT2D eigenvalue weighted by molar-refractivity contribution is 5.91. The van der Waals surface area contributed by atoms with E-state index in [-0.39, 0.29) is 50.0 Å². The molecule has 2 atom stereocenters. The van der Waals surface area contributed by atoms with E-state index < -0.39 is 41.3 Å². The zero-order chi connectivity index (χ0) is 27.5. The zero-order valence-corrected chi connectivity index (χ0v) is 21.4. The van der Waals surface area contributed by atoms with Gasteiger partial charge < -0.3 is 36.4 Å². The van der Waals surface area contributed by atoms with Gasteiger partial charge in [-0.05, 0) is 38.5 Å². The SMILES string of the molecule is COC(=O)C1(C)CCN(C(=O)CCC(=O)N[C@H](C(=O)N[C@@H](CCCNC(N)=O)C(=O)O)C(C)C)CC1. The highest BCUT2D eigenvalue weighted by atomic mass is 16.5. The highest BCUT2D eigenvalue weighted by Gasteiger charge is 2.39. The number of nitrogens with zero attached hydrogens (tertiary/aromatic N) is 1. The number of carbonyl (C=O) groups excluding carboxylic acids is 5. The van der Waals surface area contributed by atoms with Gasteiger partial charge in [0.1, 0.15) is 12.1 Å². The van der Waals surface area contributed by atoms with Crippen LogP contribution in [0.2, 0.25) is 0 Å². The summed E-state index contributed by atoms with van der Waals surface area (Å²) in [5, 5.41) is 16.7. The maximum atomic E-state index is 12.7. The number of nitrogens with one attached hydrogen (secondary N) is 3. The molecule has 0 radical (unpaired) electrons. The first-order valence-electron chi connectivity index (χ1n) is 12.0. The van der Waals surface area contributed by atoms with E-state index in [9.17, 15) is 33.9 Å². The summed E-state index contributed by atoms with van der Waals surface area (Å²) in [5.74, 6) is -3.28. The van der Waals surface area contributed by atoms with Crippen LogP contribution in [0.3, 0.4) is 0 Å². The second-order valence-corrected chi connectivity index (χ2v) is 9.55. The van der Waals surface area contributed by atoms with Gasteiger partial charge in [0.15, 0.2) is 0 Å². The van der Waals surface area contributed by atoms with Crippen molar-refractivity contribution in [3.63, 3.8) is 0 Å². The van der Waals surface area contributed by atoms with E-state index in [0.29, 0.717) is 25.9 Å². The molecule has 1 fully saturated rings. The monoisotopic (exact) mass is 513 g/mol. The van der Waals surface area contributed by atoms with Crippen LogP contribution in [0, 0.1) is 11.3 Å². The summed E-state index contributed by atoms with van der Waals surface area (Å²) in [4.78, 5) is 73.5. The van der Waals surface area contributed by atoms with E-state index in [2.05, 4.69) is 16.0 Å². The molecule has 5 amide bonds. The van der Waals surface area contributed by atoms with Crippen LogP contribution in [-0.4, -0.2) is 84.5 Å². The Bertz CT molecular complexity index is 823. The number of hydrogen-bond donors (Lipinski definition) is 5. The minimum Gasteiger partial charge on any atom is -0.480 e. The standard InChI is InChI=1S/C23H39N5O8/c1-14(2)18(19(31)26-15(20(32)33)6-5-11-25-22(24)35)27-16(29)7-8-17(30)28-12-9-23(3,10-13-28)21(34)36-4/h14-15,18H,5-13H2,1-4H3,(H,26,31)(H,27,29)(H,32,33)(H3,24,25,35)/t15-,18-/m0/s1. The van der Waals surface area contributed by atoms with Crippen LogP contribution in [0.25, 0.3) is 0 Å². The summed E-state index contributed by atoms with van der Waals surface area (Å²) in [7, 11) is 1.33. The van der Waals surface area contributed by atoms with E-state index >= 15 is 0 Å². The van der Waals surface area contributed by atoms with Crippen molar-refractivity contribution in [2.45, 2.75) is 71.4 Å². The molecule has 1 rings (SSSR count). The van der Waals surface area contributed by atoms with Crippen molar-refractivity contribution in [2.24, 2.45) is 17.1 Å². The molecule has 0 bridgehead atoms. The highest BCUT2D eigenvalue weighted by Crippen LogP contribution is 2.32. The van der Waals surface area contributed by atoms with Crippen LogP contribution in [0.4, 0.5) is 4.79 Å². The number of carboxylic acids is 1. The molecular weight excluding hydrogens is 474 g/mol. The van der Waals surface area contributed by atoms with Crippen molar-refractivity contribution in [2.75, 3.05) is 26.7 Å². The maximum absolute atomic E-state index is 12.7. The van der Waals surface area contributed by atoms with Crippen molar-refractivity contribution >= 4 is 35.7 Å². The number of primary amides is 1. The maximum Gasteiger partial charge on any atom is 0.326 e. The van der Waals surface area contributed by atoms with Crippen molar-refractivity contribution in [3.8, 4) is 0 Å². The van der Waals surface area contributed by atoms with Gasteiger partial charge >= 0.3 is 18.0 Å². The molecule has 0 aromatic heterocycles. The predicted octanol–water partition coefficient (Wildman–Crippen LogP) is -0.273. The molecule has 0 aromatic rings. The number of methoxy groups -OCH3 is 1. The molecule has 13 nitrogen and oxygen atoms in total. The molecule has 1 aliphatic rings. The number of carbonyl (C=O) groups is 6. The zero-order valence-electron chi connectivity index (χ0n) is 21.4. The lowest BCUT2D eigenvalue weighted by Gasteiger charge is -2.37. The second-order valence-electron chi connectivity index (χ2n) is 9.55. The van der Waals surface area contributed by atoms with E-state index in [1.807, 2.05) is 0 Å². The molecule has 204 valence electrons. The first-order chi connectivity index (χ1) is 16.8. The van der Waals surface area contributed by atoms with Gasteiger partial charge in [0.2, 0.25) is 17.7 Å². The van der Waals surface area contributed by atoms with Crippen molar-refractivity contribution in [1.82, 2.24) is 20.9 Å². The fraction of sp³-hybridized carbons (Fsp3) is 0.739. The number of carboxylic acid groups (broad SMARTS) is 1. The summed E-state index contributed by atoms with van der Waals surface area (Å²) in [6.45, 7) is 6.14. The lowest BCUT2D eigenvalue weighted by atomic mass is 9.80. The molecular formula is C23H39N5O8. The first-order valence-corrected chi connectivity index (χ1v) is 12.0. The summed E-state index contributed by atoms with van der Waals surface area (Å²) < 4.78 is 4.83. The van der Waals surface area contributed by atoms with Gasteiger partial charge in [-0.15, -0.1) is 0 Å². The van der Waals surface area contributed by atoms with Gasteiger partial charge in [-0.3, -0.25) is 19.2 Å². The summed E-state index contributed by atoms with van der Waals surface area (Å²) in [5.41, 5.74) is 4.33. The lowest BCUT2D eigenvalue weighted by molar-refractivity contribution is -0.156. The molecule has 0 unspecified atom stereocenters. The van der Waals surface area contributed by atoms with Gasteiger partial charge in [0, 0.05) is 32.5 Å². The number of urea groups is 1. The fourth-order valence-corrected chi connectivity index (χ4v) is 3.90. The summed E-state index contributed by atoms with van der Waals surface area (Å²) in [6, 6.07) is -2.93. The Hall–Kier alpha value is -3.38. The largest absolute Gasteiger partial charge is 0.480 e. The Morgan fingerprint density at radius 2 is 1.67 bits per heavy atom. The topological polar surface area (TPSA) is 197 Å². The molecule has 1 aliphatic heterocycles. The Morgan fingerprint density at radius 3 is 2.17 bits per heavy atom. The van der Waals surface area contributed by atoms with Crippen LogP contribution in [-0.2, 0) is 28.7 Å². The Kier molecular flexibility index (Phi) is 12.1. The molecule has 1 heterocycles. The number of aliphatic carboxylic acids is 1. The normalized spacial score (nSPS) is 16.4. The van der Waals surface area contributed by atoms with Gasteiger partial charge in [-0.25, -0.2) is 9.59 Å². The molecule has 0 aromatic carbocycles. The molecule has 0 saturated carbocycles. The molecule has 6 N–H and O–H groups in total. The van der Waals surface area contributed by atoms with Crippen LogP contribution >= 0.6 is 0 Å². The number of ether oxygens (including phenoxy) is 1. The van der Waals surface area contributed by atoms with E-state index in [0.717, 1.165) is 0 Å². The third kappa shape index (κ3) is 9.70. The molecule has 0 spiro atoms. The number of rotatable bonds is 13. The van der Waals surface area contributed by atoms with Gasteiger partial charge in [-0.2, -0.15) is 0 Å². The number of likely N-dealkylation sites (tertiary alicyclic amines) is 1. The van der Waals surface area contributed by atoms with E-state index in [4.69, 9.17) is 10.5 Å². The third-order valence-electron chi connectivity index (χ3n) is 6.31. The molecule has 1 saturated heterocycles. The first kappa shape index (κ1) is 30.7. The number of piperidine rings is 1. The van der Waals surface area contributed by atoms with Gasteiger partial charge in [0.05, 0.1) is 12.5 Å². The average molecular weight is 514 g/mol. The quantitative estimate of drug-likeness (QED) is 0.164. The minimum absolute atomic E-state index is 0.0550. The lowest BCUT2D eigenvalue weighted by Crippen LogP contribution is -2.54. The summed E-state index contributed by atoms with van der Waals surface area (Å²) >= 11 is 0. The van der Waals surface area contributed by atoms with Crippen molar-refractivity contribution < 1.29 is 38.6 Å². The van der Waals surface area contributed by atoms with Gasteiger partial charge in [0.25, 0.3) is 0 Å². The number of hydrogen-bond acceptors (Lipinski definition) is 7. The Morgan fingerprint density at radius 1 is 1.06 bits per heavy atom. The average Bonchev–Trinajstić information content (AvgIpc) is 2.81. The van der Waals surface area contributed by atoms with Crippen LogP contribution in [0.15, 0.2) is 0 Å². The van der Waals surface area contributed by atoms with Crippen molar-refractivity contribution in [1.29, 1.82) is 0 Å². The molecule has 36 heavy (non-hydrogen) atoms. The smallest absolute Gasteiger partial charge is 0.326 e. The Balaban J connectivity index is 2.57. The van der Waals surface area contributed by atoms with Crippen LogP contribution in [0.5, 0.6) is 0 Å². The van der Waals surface area contributed by atoms with E-state index in [1.54, 1.807) is 25.7 Å². The second kappa shape index (κ2) is 14.2. The predicted molar refractivity (Wildman–Crippen MR) is 128 cm³/mol. The number of esters is 1. The third-order valence-corrected chi connectivity index (χ3v) is 6.31. The van der Waals surface area contributed by atoms with Gasteiger partial charge in [-0.1, -0.05) is 13.8 Å². The Labute approximate surface area is 210 Å². The van der Waals surface area contributed by atoms with Crippen molar-refractivity contribution in [3.05, 3.63) is 0 Å². The van der Waals surface area contributed by atoms with E-state index in [1.165, 1.54) is 7.11 Å². The number of amides is 5. The van der Waals surface area contributed by atoms with Crippen LogP contribution < -0.4 is 21.7 Å². The van der Waals surface area contributed by atoms with Crippen LogP contribution in [0.1, 0.15) is 59.3 Å². The fourth-order valence-electron chi connectivity index (χ4n) is 3.90. The minimum atomic E-state index is -1.24. The number of nitrogens with two attached hydrogens (primary N) is 1. The molecule has 0 aliphatic carbocycles.